The third-order valence-corrected chi connectivity index (χ3v) is 5.09. The second-order valence-corrected chi connectivity index (χ2v) is 6.41. The molecule has 0 amide bonds. The van der Waals surface area contributed by atoms with Gasteiger partial charge in [0.05, 0.1) is 25.0 Å². The minimum Gasteiger partial charge on any atom is -0.469 e. The van der Waals surface area contributed by atoms with Crippen molar-refractivity contribution in [3.8, 4) is 6.07 Å². The number of rotatable bonds is 2. The van der Waals surface area contributed by atoms with Crippen LogP contribution in [-0.2, 0) is 9.53 Å². The van der Waals surface area contributed by atoms with Crippen LogP contribution in [0, 0.1) is 35.0 Å². The zero-order chi connectivity index (χ0) is 14.5. The van der Waals surface area contributed by atoms with Gasteiger partial charge < -0.3 is 9.64 Å². The van der Waals surface area contributed by atoms with E-state index in [0.29, 0.717) is 11.8 Å². The van der Waals surface area contributed by atoms with Crippen molar-refractivity contribution < 1.29 is 9.53 Å². The number of methoxy groups -OCH3 is 1. The molecule has 2 aliphatic rings. The van der Waals surface area contributed by atoms with Gasteiger partial charge in [0.15, 0.2) is 0 Å². The first-order valence-corrected chi connectivity index (χ1v) is 7.83. The fourth-order valence-corrected chi connectivity index (χ4v) is 4.07. The Morgan fingerprint density at radius 3 is 2.50 bits per heavy atom. The van der Waals surface area contributed by atoms with Crippen LogP contribution in [-0.4, -0.2) is 38.1 Å². The van der Waals surface area contributed by atoms with Crippen LogP contribution in [0.5, 0.6) is 0 Å². The number of ether oxygens (including phenoxy) is 1. The minimum absolute atomic E-state index is 0.00681. The molecule has 4 nitrogen and oxygen atoms in total. The molecule has 0 radical (unpaired) electrons. The number of carbonyl (C=O) groups excluding carboxylic acids is 1. The lowest BCUT2D eigenvalue weighted by molar-refractivity contribution is -0.149. The van der Waals surface area contributed by atoms with Crippen LogP contribution in [0.3, 0.4) is 0 Å². The zero-order valence-corrected chi connectivity index (χ0v) is 12.7. The molecule has 0 aromatic carbocycles. The maximum atomic E-state index is 12.2. The summed E-state index contributed by atoms with van der Waals surface area (Å²) in [5.74, 6) is 0.636. The maximum Gasteiger partial charge on any atom is 0.308 e. The van der Waals surface area contributed by atoms with Crippen LogP contribution in [0.15, 0.2) is 0 Å². The molecule has 4 heteroatoms. The number of nitrogens with zero attached hydrogens (tertiary/aromatic N) is 2. The summed E-state index contributed by atoms with van der Waals surface area (Å²) in [6, 6.07) is 2.46. The highest BCUT2D eigenvalue weighted by molar-refractivity contribution is 5.72. The number of hydrogen-bond donors (Lipinski definition) is 0. The molecule has 4 atom stereocenters. The Kier molecular flexibility index (Phi) is 5.42. The topological polar surface area (TPSA) is 53.3 Å². The van der Waals surface area contributed by atoms with Crippen molar-refractivity contribution >= 4 is 5.97 Å². The molecule has 1 saturated heterocycles. The molecule has 1 aliphatic carbocycles. The molecule has 0 spiro atoms. The standard InChI is InChI=1S/C16H26N2O2/c1-18-10-12(9-17)15(11-18)13-7-5-3-4-6-8-14(13)16(19)20-2/h12-15H,3-8,10-11H2,1-2H3. The van der Waals surface area contributed by atoms with Gasteiger partial charge in [-0.15, -0.1) is 0 Å². The van der Waals surface area contributed by atoms with E-state index < -0.39 is 0 Å². The lowest BCUT2D eigenvalue weighted by Crippen LogP contribution is -2.34. The van der Waals surface area contributed by atoms with Crippen molar-refractivity contribution in [1.29, 1.82) is 5.26 Å². The Morgan fingerprint density at radius 1 is 1.15 bits per heavy atom. The number of nitriles is 1. The second kappa shape index (κ2) is 7.08. The molecule has 1 heterocycles. The Balaban J connectivity index is 2.18. The molecule has 0 aromatic heterocycles. The Morgan fingerprint density at radius 2 is 1.85 bits per heavy atom. The maximum absolute atomic E-state index is 12.2. The highest BCUT2D eigenvalue weighted by Gasteiger charge is 2.42. The molecule has 20 heavy (non-hydrogen) atoms. The van der Waals surface area contributed by atoms with Crippen LogP contribution in [0.1, 0.15) is 38.5 Å². The summed E-state index contributed by atoms with van der Waals surface area (Å²) in [5.41, 5.74) is 0. The predicted octanol–water partition coefficient (Wildman–Crippen LogP) is 2.45. The smallest absolute Gasteiger partial charge is 0.308 e. The second-order valence-electron chi connectivity index (χ2n) is 6.41. The van der Waals surface area contributed by atoms with Crippen molar-refractivity contribution in [3.05, 3.63) is 0 Å². The van der Waals surface area contributed by atoms with Gasteiger partial charge in [-0.25, -0.2) is 0 Å². The van der Waals surface area contributed by atoms with E-state index in [0.717, 1.165) is 32.4 Å². The summed E-state index contributed by atoms with van der Waals surface area (Å²) < 4.78 is 5.04. The first-order chi connectivity index (χ1) is 9.67. The van der Waals surface area contributed by atoms with Crippen molar-refractivity contribution in [3.63, 3.8) is 0 Å². The Labute approximate surface area is 122 Å². The van der Waals surface area contributed by atoms with Gasteiger partial charge in [0.1, 0.15) is 0 Å². The quantitative estimate of drug-likeness (QED) is 0.728. The van der Waals surface area contributed by atoms with Crippen molar-refractivity contribution in [1.82, 2.24) is 4.90 Å². The predicted molar refractivity (Wildman–Crippen MR) is 76.8 cm³/mol. The van der Waals surface area contributed by atoms with E-state index in [4.69, 9.17) is 4.74 Å². The molecular formula is C16H26N2O2. The Bertz CT molecular complexity index is 377. The van der Waals surface area contributed by atoms with Gasteiger partial charge in [-0.1, -0.05) is 25.7 Å². The monoisotopic (exact) mass is 278 g/mol. The summed E-state index contributed by atoms with van der Waals surface area (Å²) >= 11 is 0. The highest BCUT2D eigenvalue weighted by Crippen LogP contribution is 2.40. The van der Waals surface area contributed by atoms with Gasteiger partial charge in [0.25, 0.3) is 0 Å². The van der Waals surface area contributed by atoms with Gasteiger partial charge in [0, 0.05) is 13.1 Å². The fraction of sp³-hybridized carbons (Fsp3) is 0.875. The average Bonchev–Trinajstić information content (AvgIpc) is 2.79. The van der Waals surface area contributed by atoms with E-state index in [1.165, 1.54) is 26.4 Å². The van der Waals surface area contributed by atoms with Crippen LogP contribution < -0.4 is 0 Å². The average molecular weight is 278 g/mol. The highest BCUT2D eigenvalue weighted by atomic mass is 16.5. The van der Waals surface area contributed by atoms with E-state index >= 15 is 0 Å². The van der Waals surface area contributed by atoms with Crippen LogP contribution >= 0.6 is 0 Å². The molecule has 4 unspecified atom stereocenters. The fourth-order valence-electron chi connectivity index (χ4n) is 4.07. The minimum atomic E-state index is -0.0665. The molecular weight excluding hydrogens is 252 g/mol. The number of hydrogen-bond acceptors (Lipinski definition) is 4. The summed E-state index contributed by atoms with van der Waals surface area (Å²) in [6.45, 7) is 1.78. The third kappa shape index (κ3) is 3.32. The SMILES string of the molecule is COC(=O)C1CCCCCCC1C1CN(C)CC1C#N. The van der Waals surface area contributed by atoms with Gasteiger partial charge in [0.2, 0.25) is 0 Å². The number of likely N-dealkylation sites (tertiary alicyclic amines) is 1. The molecule has 0 N–H and O–H groups in total. The zero-order valence-electron chi connectivity index (χ0n) is 12.7. The molecule has 0 aromatic rings. The van der Waals surface area contributed by atoms with E-state index in [1.54, 1.807) is 0 Å². The van der Waals surface area contributed by atoms with Crippen molar-refractivity contribution in [2.45, 2.75) is 38.5 Å². The van der Waals surface area contributed by atoms with Crippen LogP contribution in [0.2, 0.25) is 0 Å². The largest absolute Gasteiger partial charge is 0.469 e. The first kappa shape index (κ1) is 15.3. The lowest BCUT2D eigenvalue weighted by Gasteiger charge is -2.33. The molecule has 2 fully saturated rings. The van der Waals surface area contributed by atoms with E-state index in [1.807, 2.05) is 0 Å². The summed E-state index contributed by atoms with van der Waals surface area (Å²) in [5, 5.41) is 9.40. The molecule has 0 bridgehead atoms. The van der Waals surface area contributed by atoms with Crippen LogP contribution in [0.4, 0.5) is 0 Å². The third-order valence-electron chi connectivity index (χ3n) is 5.09. The van der Waals surface area contributed by atoms with Gasteiger partial charge in [-0.05, 0) is 31.7 Å². The molecule has 1 aliphatic heterocycles. The van der Waals surface area contributed by atoms with E-state index in [-0.39, 0.29) is 17.8 Å². The summed E-state index contributed by atoms with van der Waals surface area (Å²) in [4.78, 5) is 14.4. The molecule has 1 saturated carbocycles. The van der Waals surface area contributed by atoms with Gasteiger partial charge in [-0.2, -0.15) is 5.26 Å². The summed E-state index contributed by atoms with van der Waals surface area (Å²) in [6.07, 6.45) is 6.75. The van der Waals surface area contributed by atoms with Crippen LogP contribution in [0.25, 0.3) is 0 Å². The molecule has 112 valence electrons. The van der Waals surface area contributed by atoms with E-state index in [2.05, 4.69) is 18.0 Å². The number of esters is 1. The lowest BCUT2D eigenvalue weighted by atomic mass is 9.71. The Hall–Kier alpha value is -1.08. The number of carbonyl (C=O) groups is 1. The van der Waals surface area contributed by atoms with Crippen molar-refractivity contribution in [2.24, 2.45) is 23.7 Å². The first-order valence-electron chi connectivity index (χ1n) is 7.83. The van der Waals surface area contributed by atoms with Gasteiger partial charge >= 0.3 is 5.97 Å². The van der Waals surface area contributed by atoms with Gasteiger partial charge in [-0.3, -0.25) is 4.79 Å². The normalized spacial score (nSPS) is 35.9. The van der Waals surface area contributed by atoms with Crippen molar-refractivity contribution in [2.75, 3.05) is 27.2 Å². The summed E-state index contributed by atoms with van der Waals surface area (Å²) in [7, 11) is 3.56. The van der Waals surface area contributed by atoms with E-state index in [9.17, 15) is 10.1 Å². The molecule has 2 rings (SSSR count).